The van der Waals surface area contributed by atoms with Crippen LogP contribution in [0.15, 0.2) is 18.2 Å². The van der Waals surface area contributed by atoms with Crippen molar-refractivity contribution in [2.24, 2.45) is 5.73 Å². The normalized spacial score (nSPS) is 19.9. The van der Waals surface area contributed by atoms with Gasteiger partial charge >= 0.3 is 0 Å². The molecule has 0 radical (unpaired) electrons. The topological polar surface area (TPSA) is 32.5 Å². The zero-order chi connectivity index (χ0) is 12.4. The summed E-state index contributed by atoms with van der Waals surface area (Å²) >= 11 is 0. The highest BCUT2D eigenvalue weighted by Gasteiger charge is 2.30. The zero-order valence-corrected chi connectivity index (χ0v) is 10.5. The molecular weight excluding hydrogens is 217 g/mol. The van der Waals surface area contributed by atoms with E-state index in [-0.39, 0.29) is 11.9 Å². The summed E-state index contributed by atoms with van der Waals surface area (Å²) in [6.45, 7) is 3.11. The van der Waals surface area contributed by atoms with Crippen LogP contribution in [0.5, 0.6) is 0 Å². The number of fused-ring (bicyclic) bond motifs is 1. The lowest BCUT2D eigenvalue weighted by Gasteiger charge is -2.25. The molecule has 0 fully saturated rings. The molecule has 3 nitrogen and oxygen atoms in total. The summed E-state index contributed by atoms with van der Waals surface area (Å²) in [7, 11) is 4.09. The number of likely N-dealkylation sites (N-methyl/N-ethyl adjacent to an activating group) is 1. The summed E-state index contributed by atoms with van der Waals surface area (Å²) in [5, 5.41) is 0. The van der Waals surface area contributed by atoms with Crippen molar-refractivity contribution in [1.29, 1.82) is 0 Å². The van der Waals surface area contributed by atoms with Gasteiger partial charge in [0.2, 0.25) is 0 Å². The highest BCUT2D eigenvalue weighted by atomic mass is 19.1. The molecule has 94 valence electrons. The van der Waals surface area contributed by atoms with Crippen LogP contribution in [0.25, 0.3) is 0 Å². The fourth-order valence-electron chi connectivity index (χ4n) is 2.40. The van der Waals surface area contributed by atoms with Crippen LogP contribution in [-0.2, 0) is 6.54 Å². The summed E-state index contributed by atoms with van der Waals surface area (Å²) in [5.74, 6) is -0.103. The van der Waals surface area contributed by atoms with E-state index >= 15 is 0 Å². The first-order chi connectivity index (χ1) is 8.13. The van der Waals surface area contributed by atoms with Crippen LogP contribution >= 0.6 is 0 Å². The van der Waals surface area contributed by atoms with Gasteiger partial charge in [0, 0.05) is 37.8 Å². The van der Waals surface area contributed by atoms with Gasteiger partial charge in [-0.25, -0.2) is 4.39 Å². The molecule has 2 N–H and O–H groups in total. The van der Waals surface area contributed by atoms with E-state index in [0.29, 0.717) is 13.1 Å². The van der Waals surface area contributed by atoms with Gasteiger partial charge in [-0.1, -0.05) is 12.1 Å². The van der Waals surface area contributed by atoms with Gasteiger partial charge in [0.15, 0.2) is 0 Å². The molecule has 17 heavy (non-hydrogen) atoms. The molecule has 1 atom stereocenters. The molecule has 0 spiro atoms. The Morgan fingerprint density at radius 2 is 2.24 bits per heavy atom. The number of halogens is 1. The number of nitrogens with two attached hydrogens (primary N) is 1. The molecule has 1 aromatic carbocycles. The second kappa shape index (κ2) is 5.12. The van der Waals surface area contributed by atoms with Crippen molar-refractivity contribution >= 4 is 0 Å². The molecule has 0 aromatic heterocycles. The number of hydrogen-bond acceptors (Lipinski definition) is 3. The molecule has 0 amide bonds. The molecule has 0 aliphatic carbocycles. The molecule has 0 bridgehead atoms. The quantitative estimate of drug-likeness (QED) is 0.854. The minimum atomic E-state index is -0.103. The Hall–Kier alpha value is -0.970. The van der Waals surface area contributed by atoms with Crippen molar-refractivity contribution in [1.82, 2.24) is 9.80 Å². The average molecular weight is 237 g/mol. The van der Waals surface area contributed by atoms with E-state index in [9.17, 15) is 4.39 Å². The molecule has 1 aliphatic rings. The van der Waals surface area contributed by atoms with Gasteiger partial charge in [0.25, 0.3) is 0 Å². The van der Waals surface area contributed by atoms with Crippen LogP contribution in [0.4, 0.5) is 4.39 Å². The molecule has 1 aliphatic heterocycles. The van der Waals surface area contributed by atoms with Crippen LogP contribution in [0, 0.1) is 5.82 Å². The molecular formula is C13H20FN3. The van der Waals surface area contributed by atoms with Crippen molar-refractivity contribution < 1.29 is 4.39 Å². The number of nitrogens with zero attached hydrogens (tertiary/aromatic N) is 2. The largest absolute Gasteiger partial charge is 0.329 e. The molecule has 4 heteroatoms. The summed E-state index contributed by atoms with van der Waals surface area (Å²) < 4.78 is 13.7. The molecule has 1 unspecified atom stereocenters. The Morgan fingerprint density at radius 1 is 1.47 bits per heavy atom. The second-order valence-electron chi connectivity index (χ2n) is 4.83. The number of hydrogen-bond donors (Lipinski definition) is 1. The van der Waals surface area contributed by atoms with E-state index in [4.69, 9.17) is 5.73 Å². The predicted molar refractivity (Wildman–Crippen MR) is 67.2 cm³/mol. The molecule has 1 aromatic rings. The van der Waals surface area contributed by atoms with Crippen LogP contribution in [-0.4, -0.2) is 43.5 Å². The van der Waals surface area contributed by atoms with Crippen molar-refractivity contribution in [2.75, 3.05) is 33.7 Å². The third kappa shape index (κ3) is 2.49. The van der Waals surface area contributed by atoms with Crippen molar-refractivity contribution in [3.8, 4) is 0 Å². The Kier molecular flexibility index (Phi) is 3.76. The Balaban J connectivity index is 2.16. The van der Waals surface area contributed by atoms with E-state index in [1.807, 2.05) is 20.2 Å². The van der Waals surface area contributed by atoms with Crippen molar-refractivity contribution in [3.63, 3.8) is 0 Å². The van der Waals surface area contributed by atoms with E-state index in [1.54, 1.807) is 6.07 Å². The predicted octanol–water partition coefficient (Wildman–Crippen LogP) is 1.20. The fourth-order valence-corrected chi connectivity index (χ4v) is 2.40. The first-order valence-electron chi connectivity index (χ1n) is 5.99. The van der Waals surface area contributed by atoms with E-state index in [0.717, 1.165) is 24.2 Å². The first-order valence-corrected chi connectivity index (χ1v) is 5.99. The summed E-state index contributed by atoms with van der Waals surface area (Å²) in [6.07, 6.45) is 0. The zero-order valence-electron chi connectivity index (χ0n) is 10.5. The van der Waals surface area contributed by atoms with E-state index < -0.39 is 0 Å². The maximum absolute atomic E-state index is 13.7. The van der Waals surface area contributed by atoms with E-state index in [1.165, 1.54) is 6.07 Å². The van der Waals surface area contributed by atoms with Gasteiger partial charge in [-0.15, -0.1) is 0 Å². The van der Waals surface area contributed by atoms with Crippen molar-refractivity contribution in [2.45, 2.75) is 12.6 Å². The monoisotopic (exact) mass is 237 g/mol. The maximum atomic E-state index is 13.7. The van der Waals surface area contributed by atoms with Crippen molar-refractivity contribution in [3.05, 3.63) is 35.1 Å². The first kappa shape index (κ1) is 12.5. The highest BCUT2D eigenvalue weighted by molar-refractivity contribution is 5.35. The lowest BCUT2D eigenvalue weighted by Crippen LogP contribution is -2.33. The smallest absolute Gasteiger partial charge is 0.128 e. The fraction of sp³-hybridized carbons (Fsp3) is 0.538. The Morgan fingerprint density at radius 3 is 2.88 bits per heavy atom. The molecule has 0 saturated carbocycles. The lowest BCUT2D eigenvalue weighted by molar-refractivity contribution is 0.196. The minimum absolute atomic E-state index is 0.103. The molecule has 2 rings (SSSR count). The SMILES string of the molecule is CN(C)CCN1Cc2c(F)cccc2C1CN. The van der Waals surface area contributed by atoms with Gasteiger partial charge in [-0.3, -0.25) is 4.90 Å². The second-order valence-corrected chi connectivity index (χ2v) is 4.83. The molecule has 0 saturated heterocycles. The summed E-state index contributed by atoms with van der Waals surface area (Å²) in [4.78, 5) is 4.39. The van der Waals surface area contributed by atoms with Gasteiger partial charge in [-0.2, -0.15) is 0 Å². The standard InChI is InChI=1S/C13H20FN3/c1-16(2)6-7-17-9-11-10(13(17)8-15)4-3-5-12(11)14/h3-5,13H,6-9,15H2,1-2H3. The van der Waals surface area contributed by atoms with Crippen LogP contribution in [0.1, 0.15) is 17.2 Å². The number of rotatable bonds is 4. The molecule has 1 heterocycles. The summed E-state index contributed by atoms with van der Waals surface area (Å²) in [6, 6.07) is 5.46. The Bertz CT molecular complexity index is 392. The van der Waals surface area contributed by atoms with Gasteiger partial charge in [0.1, 0.15) is 5.82 Å². The third-order valence-electron chi connectivity index (χ3n) is 3.37. The van der Waals surface area contributed by atoms with Crippen LogP contribution in [0.3, 0.4) is 0 Å². The number of benzene rings is 1. The van der Waals surface area contributed by atoms with Crippen LogP contribution in [0.2, 0.25) is 0 Å². The minimum Gasteiger partial charge on any atom is -0.329 e. The van der Waals surface area contributed by atoms with Gasteiger partial charge in [-0.05, 0) is 25.7 Å². The Labute approximate surface area is 102 Å². The average Bonchev–Trinajstić information content (AvgIpc) is 2.65. The van der Waals surface area contributed by atoms with Crippen LogP contribution < -0.4 is 5.73 Å². The third-order valence-corrected chi connectivity index (χ3v) is 3.37. The highest BCUT2D eigenvalue weighted by Crippen LogP contribution is 2.33. The van der Waals surface area contributed by atoms with Gasteiger partial charge < -0.3 is 10.6 Å². The van der Waals surface area contributed by atoms with Gasteiger partial charge in [0.05, 0.1) is 0 Å². The maximum Gasteiger partial charge on any atom is 0.128 e. The lowest BCUT2D eigenvalue weighted by atomic mass is 10.0. The summed E-state index contributed by atoms with van der Waals surface area (Å²) in [5.41, 5.74) is 7.70. The van der Waals surface area contributed by atoms with E-state index in [2.05, 4.69) is 9.80 Å².